The maximum absolute atomic E-state index is 12.7. The Balaban J connectivity index is 1.11. The third-order valence-electron chi connectivity index (χ3n) is 6.52. The van der Waals surface area contributed by atoms with Crippen molar-refractivity contribution >= 4 is 11.7 Å². The van der Waals surface area contributed by atoms with Crippen molar-refractivity contribution in [1.29, 1.82) is 0 Å². The van der Waals surface area contributed by atoms with E-state index in [1.807, 2.05) is 38.6 Å². The normalized spacial score (nSPS) is 22.9. The molecule has 3 saturated heterocycles. The van der Waals surface area contributed by atoms with Gasteiger partial charge in [-0.25, -0.2) is 4.79 Å². The number of aromatic nitrogens is 3. The lowest BCUT2D eigenvalue weighted by molar-refractivity contribution is -0.180. The molecule has 0 aliphatic carbocycles. The van der Waals surface area contributed by atoms with Gasteiger partial charge in [-0.05, 0) is 24.1 Å². The van der Waals surface area contributed by atoms with E-state index in [1.165, 1.54) is 0 Å². The van der Waals surface area contributed by atoms with Crippen molar-refractivity contribution in [3.05, 3.63) is 42.5 Å². The standard InChI is InChI=1S/C20H23F3N6O/c21-20(22,23)16-9-27(10-16)17-3-1-14(2-4-17)15-7-28(8-15)19(30)26-6-5-18(11-26)29-12-24-25-13-29/h1-4,12-13,15-16,18H,5-11H2/t18-/m0/s1. The lowest BCUT2D eigenvalue weighted by Gasteiger charge is -2.43. The first-order chi connectivity index (χ1) is 14.4. The summed E-state index contributed by atoms with van der Waals surface area (Å²) in [6.45, 7) is 2.80. The van der Waals surface area contributed by atoms with Gasteiger partial charge < -0.3 is 19.3 Å². The Morgan fingerprint density at radius 1 is 0.933 bits per heavy atom. The van der Waals surface area contributed by atoms with E-state index in [0.717, 1.165) is 24.2 Å². The molecule has 3 aliphatic rings. The molecule has 3 fully saturated rings. The summed E-state index contributed by atoms with van der Waals surface area (Å²) in [5.74, 6) is -0.947. The number of amides is 2. The molecule has 30 heavy (non-hydrogen) atoms. The largest absolute Gasteiger partial charge is 0.395 e. The van der Waals surface area contributed by atoms with Crippen LogP contribution in [0.1, 0.15) is 23.9 Å². The molecule has 160 valence electrons. The molecule has 4 heterocycles. The van der Waals surface area contributed by atoms with Crippen LogP contribution in [-0.4, -0.2) is 76.0 Å². The molecule has 10 heteroatoms. The van der Waals surface area contributed by atoms with Crippen LogP contribution in [0.4, 0.5) is 23.7 Å². The van der Waals surface area contributed by atoms with Gasteiger partial charge in [-0.1, -0.05) is 12.1 Å². The molecule has 0 spiro atoms. The van der Waals surface area contributed by atoms with E-state index >= 15 is 0 Å². The fraction of sp³-hybridized carbons (Fsp3) is 0.550. The number of anilines is 1. The number of likely N-dealkylation sites (tertiary alicyclic amines) is 2. The SMILES string of the molecule is O=C(N1CC(c2ccc(N3CC(C(F)(F)F)C3)cc2)C1)N1CC[C@H](n2cnnc2)C1. The molecule has 1 atom stereocenters. The molecule has 1 aromatic carbocycles. The van der Waals surface area contributed by atoms with Crippen LogP contribution in [-0.2, 0) is 0 Å². The Hall–Kier alpha value is -2.78. The van der Waals surface area contributed by atoms with Crippen molar-refractivity contribution in [2.45, 2.75) is 24.6 Å². The summed E-state index contributed by atoms with van der Waals surface area (Å²) < 4.78 is 39.9. The second-order valence-electron chi connectivity index (χ2n) is 8.42. The quantitative estimate of drug-likeness (QED) is 0.766. The van der Waals surface area contributed by atoms with Gasteiger partial charge in [0, 0.05) is 50.9 Å². The average molecular weight is 420 g/mol. The van der Waals surface area contributed by atoms with E-state index in [-0.39, 0.29) is 31.1 Å². The fourth-order valence-electron chi connectivity index (χ4n) is 4.46. The molecule has 0 unspecified atom stereocenters. The van der Waals surface area contributed by atoms with Crippen molar-refractivity contribution in [1.82, 2.24) is 24.6 Å². The molecule has 5 rings (SSSR count). The Kier molecular flexibility index (Phi) is 4.59. The minimum absolute atomic E-state index is 0.0283. The summed E-state index contributed by atoms with van der Waals surface area (Å²) in [6.07, 6.45) is 0.161. The Morgan fingerprint density at radius 2 is 1.60 bits per heavy atom. The number of halogens is 3. The summed E-state index contributed by atoms with van der Waals surface area (Å²) in [5, 5.41) is 7.66. The number of benzene rings is 1. The highest BCUT2D eigenvalue weighted by Gasteiger charge is 2.47. The van der Waals surface area contributed by atoms with Crippen LogP contribution in [0.15, 0.2) is 36.9 Å². The minimum atomic E-state index is -4.11. The Morgan fingerprint density at radius 3 is 2.23 bits per heavy atom. The van der Waals surface area contributed by atoms with E-state index in [9.17, 15) is 18.0 Å². The second-order valence-corrected chi connectivity index (χ2v) is 8.42. The zero-order valence-electron chi connectivity index (χ0n) is 16.4. The number of carbonyl (C=O) groups excluding carboxylic acids is 1. The summed E-state index contributed by atoms with van der Waals surface area (Å²) in [5.41, 5.74) is 1.95. The highest BCUT2D eigenvalue weighted by molar-refractivity contribution is 5.76. The number of nitrogens with zero attached hydrogens (tertiary/aromatic N) is 6. The lowest BCUT2D eigenvalue weighted by atomic mass is 9.91. The first kappa shape index (κ1) is 19.2. The lowest BCUT2D eigenvalue weighted by Crippen LogP contribution is -2.53. The monoisotopic (exact) mass is 420 g/mol. The molecule has 2 amide bonds. The summed E-state index contributed by atoms with van der Waals surface area (Å²) >= 11 is 0. The number of hydrogen-bond donors (Lipinski definition) is 0. The molecule has 7 nitrogen and oxygen atoms in total. The smallest absolute Gasteiger partial charge is 0.370 e. The first-order valence-corrected chi connectivity index (χ1v) is 10.2. The van der Waals surface area contributed by atoms with Gasteiger partial charge in [-0.3, -0.25) is 0 Å². The molecule has 0 saturated carbocycles. The van der Waals surface area contributed by atoms with Crippen LogP contribution in [0.2, 0.25) is 0 Å². The summed E-state index contributed by atoms with van der Waals surface area (Å²) in [6, 6.07) is 8.01. The zero-order valence-corrected chi connectivity index (χ0v) is 16.4. The van der Waals surface area contributed by atoms with Crippen LogP contribution in [0.25, 0.3) is 0 Å². The molecule has 0 bridgehead atoms. The third-order valence-corrected chi connectivity index (χ3v) is 6.52. The van der Waals surface area contributed by atoms with Crippen LogP contribution < -0.4 is 4.90 Å². The van der Waals surface area contributed by atoms with Crippen LogP contribution >= 0.6 is 0 Å². The minimum Gasteiger partial charge on any atom is -0.370 e. The van der Waals surface area contributed by atoms with Crippen molar-refractivity contribution in [3.63, 3.8) is 0 Å². The average Bonchev–Trinajstić information content (AvgIpc) is 3.31. The van der Waals surface area contributed by atoms with Gasteiger partial charge in [-0.2, -0.15) is 13.2 Å². The molecule has 1 aromatic heterocycles. The Bertz CT molecular complexity index is 888. The van der Waals surface area contributed by atoms with Gasteiger partial charge in [0.1, 0.15) is 12.7 Å². The number of hydrogen-bond acceptors (Lipinski definition) is 4. The van der Waals surface area contributed by atoms with Gasteiger partial charge in [-0.15, -0.1) is 10.2 Å². The molecular weight excluding hydrogens is 397 g/mol. The number of rotatable bonds is 3. The first-order valence-electron chi connectivity index (χ1n) is 10.2. The number of alkyl halides is 3. The Labute approximate surface area is 172 Å². The van der Waals surface area contributed by atoms with Gasteiger partial charge in [0.2, 0.25) is 0 Å². The number of urea groups is 1. The molecule has 2 aromatic rings. The van der Waals surface area contributed by atoms with Crippen LogP contribution in [0.3, 0.4) is 0 Å². The zero-order chi connectivity index (χ0) is 20.9. The van der Waals surface area contributed by atoms with E-state index < -0.39 is 12.1 Å². The van der Waals surface area contributed by atoms with E-state index in [4.69, 9.17) is 0 Å². The van der Waals surface area contributed by atoms with Crippen LogP contribution in [0.5, 0.6) is 0 Å². The molecule has 3 aliphatic heterocycles. The summed E-state index contributed by atoms with van der Waals surface area (Å²) in [7, 11) is 0. The second kappa shape index (κ2) is 7.17. The van der Waals surface area contributed by atoms with Crippen molar-refractivity contribution in [2.75, 3.05) is 44.2 Å². The fourth-order valence-corrected chi connectivity index (χ4v) is 4.46. The highest BCUT2D eigenvalue weighted by atomic mass is 19.4. The van der Waals surface area contributed by atoms with Crippen molar-refractivity contribution in [3.8, 4) is 0 Å². The number of carbonyl (C=O) groups is 1. The maximum atomic E-state index is 12.7. The van der Waals surface area contributed by atoms with Crippen molar-refractivity contribution in [2.24, 2.45) is 5.92 Å². The van der Waals surface area contributed by atoms with Crippen molar-refractivity contribution < 1.29 is 18.0 Å². The van der Waals surface area contributed by atoms with Gasteiger partial charge in [0.15, 0.2) is 0 Å². The van der Waals surface area contributed by atoms with E-state index in [2.05, 4.69) is 10.2 Å². The van der Waals surface area contributed by atoms with Crippen LogP contribution in [0, 0.1) is 5.92 Å². The highest BCUT2D eigenvalue weighted by Crippen LogP contribution is 2.37. The van der Waals surface area contributed by atoms with E-state index in [0.29, 0.717) is 19.6 Å². The topological polar surface area (TPSA) is 57.5 Å². The maximum Gasteiger partial charge on any atom is 0.395 e. The van der Waals surface area contributed by atoms with Gasteiger partial charge >= 0.3 is 12.2 Å². The van der Waals surface area contributed by atoms with Gasteiger partial charge in [0.05, 0.1) is 12.0 Å². The molecule has 0 N–H and O–H groups in total. The molecule has 0 radical (unpaired) electrons. The van der Waals surface area contributed by atoms with E-state index in [1.54, 1.807) is 17.6 Å². The summed E-state index contributed by atoms with van der Waals surface area (Å²) in [4.78, 5) is 18.2. The predicted octanol–water partition coefficient (Wildman–Crippen LogP) is 2.74. The molecular formula is C20H23F3N6O. The predicted molar refractivity (Wildman–Crippen MR) is 103 cm³/mol. The van der Waals surface area contributed by atoms with Gasteiger partial charge in [0.25, 0.3) is 0 Å². The third kappa shape index (κ3) is 3.48.